The molecule has 4 rings (SSSR count). The van der Waals surface area contributed by atoms with E-state index in [4.69, 9.17) is 13.9 Å². The van der Waals surface area contributed by atoms with Gasteiger partial charge in [-0.25, -0.2) is 19.1 Å². The lowest BCUT2D eigenvalue weighted by Gasteiger charge is -2.06. The Labute approximate surface area is 173 Å². The van der Waals surface area contributed by atoms with E-state index in [-0.39, 0.29) is 24.5 Å². The molecule has 0 aliphatic carbocycles. The molecule has 0 radical (unpaired) electrons. The third-order valence-electron chi connectivity index (χ3n) is 4.34. The number of benzene rings is 1. The normalized spacial score (nSPS) is 11.1. The molecule has 0 atom stereocenters. The van der Waals surface area contributed by atoms with E-state index >= 15 is 0 Å². The summed E-state index contributed by atoms with van der Waals surface area (Å²) in [6, 6.07) is 7.04. The topological polar surface area (TPSA) is 95.9 Å². The fourth-order valence-electron chi connectivity index (χ4n) is 3.07. The van der Waals surface area contributed by atoms with Crippen molar-refractivity contribution in [2.45, 2.75) is 20.5 Å². The first-order valence-electron chi connectivity index (χ1n) is 8.84. The first kappa shape index (κ1) is 19.1. The summed E-state index contributed by atoms with van der Waals surface area (Å²) in [6.07, 6.45) is 3.28. The molecule has 0 N–H and O–H groups in total. The van der Waals surface area contributed by atoms with Crippen LogP contribution in [0.5, 0.6) is 0 Å². The van der Waals surface area contributed by atoms with E-state index < -0.39 is 11.9 Å². The number of ether oxygens (including phenoxy) is 2. The van der Waals surface area contributed by atoms with E-state index in [0.29, 0.717) is 27.9 Å². The Balaban J connectivity index is 1.69. The summed E-state index contributed by atoms with van der Waals surface area (Å²) in [5, 5.41) is 4.92. The molecule has 0 aliphatic heterocycles. The van der Waals surface area contributed by atoms with Crippen LogP contribution in [-0.4, -0.2) is 33.1 Å². The van der Waals surface area contributed by atoms with Crippen molar-refractivity contribution in [3.63, 3.8) is 0 Å². The maximum Gasteiger partial charge on any atom is 0.374 e. The van der Waals surface area contributed by atoms with Crippen LogP contribution in [0.25, 0.3) is 16.6 Å². The van der Waals surface area contributed by atoms with E-state index in [2.05, 4.69) is 26.0 Å². The van der Waals surface area contributed by atoms with Crippen LogP contribution in [-0.2, 0) is 16.1 Å². The van der Waals surface area contributed by atoms with E-state index in [1.807, 2.05) is 0 Å². The summed E-state index contributed by atoms with van der Waals surface area (Å²) >= 11 is 3.41. The summed E-state index contributed by atoms with van der Waals surface area (Å²) in [7, 11) is 0. The van der Waals surface area contributed by atoms with Gasteiger partial charge in [-0.15, -0.1) is 0 Å². The van der Waals surface area contributed by atoms with Crippen molar-refractivity contribution in [3.05, 3.63) is 63.7 Å². The summed E-state index contributed by atoms with van der Waals surface area (Å²) in [5.41, 5.74) is 2.11. The van der Waals surface area contributed by atoms with Crippen LogP contribution >= 0.6 is 15.9 Å². The highest BCUT2D eigenvalue weighted by atomic mass is 79.9. The van der Waals surface area contributed by atoms with E-state index in [0.717, 1.165) is 4.47 Å². The molecule has 9 heteroatoms. The highest BCUT2D eigenvalue weighted by Gasteiger charge is 2.25. The predicted molar refractivity (Wildman–Crippen MR) is 107 cm³/mol. The lowest BCUT2D eigenvalue weighted by Crippen LogP contribution is -2.10. The molecule has 0 fully saturated rings. The number of esters is 2. The van der Waals surface area contributed by atoms with Crippen LogP contribution in [0.15, 0.2) is 45.5 Å². The number of hydrogen-bond acceptors (Lipinski definition) is 7. The molecule has 3 aromatic heterocycles. The second kappa shape index (κ2) is 7.67. The molecule has 3 heterocycles. The predicted octanol–water partition coefficient (Wildman–Crippen LogP) is 4.08. The fraction of sp³-hybridized carbons (Fsp3) is 0.200. The van der Waals surface area contributed by atoms with Crippen molar-refractivity contribution in [3.8, 4) is 0 Å². The number of hydrogen-bond donors (Lipinski definition) is 0. The van der Waals surface area contributed by atoms with Crippen LogP contribution < -0.4 is 0 Å². The fourth-order valence-corrected chi connectivity index (χ4v) is 3.43. The van der Waals surface area contributed by atoms with Crippen LogP contribution in [0.4, 0.5) is 0 Å². The number of aryl methyl sites for hydroxylation is 1. The Bertz CT molecular complexity index is 1240. The second-order valence-corrected chi connectivity index (χ2v) is 7.11. The van der Waals surface area contributed by atoms with Gasteiger partial charge in [-0.3, -0.25) is 0 Å². The van der Waals surface area contributed by atoms with Gasteiger partial charge in [0, 0.05) is 22.3 Å². The van der Waals surface area contributed by atoms with Gasteiger partial charge >= 0.3 is 11.9 Å². The molecule has 8 nitrogen and oxygen atoms in total. The van der Waals surface area contributed by atoms with Gasteiger partial charge in [0.2, 0.25) is 5.76 Å². The first-order chi connectivity index (χ1) is 14.0. The van der Waals surface area contributed by atoms with Gasteiger partial charge < -0.3 is 13.9 Å². The molecule has 0 unspecified atom stereocenters. The Morgan fingerprint density at radius 3 is 2.86 bits per heavy atom. The summed E-state index contributed by atoms with van der Waals surface area (Å²) in [6.45, 7) is 3.45. The number of furan rings is 1. The van der Waals surface area contributed by atoms with Gasteiger partial charge in [-0.2, -0.15) is 5.10 Å². The average Bonchev–Trinajstić information content (AvgIpc) is 3.22. The third-order valence-corrected chi connectivity index (χ3v) is 4.83. The number of rotatable bonds is 5. The highest BCUT2D eigenvalue weighted by molar-refractivity contribution is 9.10. The Morgan fingerprint density at radius 1 is 1.24 bits per heavy atom. The summed E-state index contributed by atoms with van der Waals surface area (Å²) in [5.74, 6) is -1.18. The van der Waals surface area contributed by atoms with Crippen LogP contribution in [0.2, 0.25) is 0 Å². The number of halogens is 1. The van der Waals surface area contributed by atoms with Gasteiger partial charge in [-0.05, 0) is 38.1 Å². The monoisotopic (exact) mass is 457 g/mol. The van der Waals surface area contributed by atoms with Crippen LogP contribution in [0, 0.1) is 6.92 Å². The van der Waals surface area contributed by atoms with E-state index in [1.165, 1.54) is 4.52 Å². The molecule has 0 aliphatic rings. The zero-order chi connectivity index (χ0) is 20.5. The molecule has 4 aromatic rings. The Hall–Kier alpha value is -3.20. The molecule has 0 amide bonds. The molecule has 29 heavy (non-hydrogen) atoms. The SMILES string of the molecule is CCOC(=O)c1oc2ccc(Br)cc2c1COC(=O)c1c(C)nn2cccnc12. The zero-order valence-corrected chi connectivity index (χ0v) is 17.2. The highest BCUT2D eigenvalue weighted by Crippen LogP contribution is 2.30. The number of carbonyl (C=O) groups is 2. The lowest BCUT2D eigenvalue weighted by atomic mass is 10.1. The van der Waals surface area contributed by atoms with Crippen LogP contribution in [0.1, 0.15) is 39.1 Å². The minimum atomic E-state index is -0.611. The van der Waals surface area contributed by atoms with Gasteiger partial charge in [0.15, 0.2) is 5.65 Å². The summed E-state index contributed by atoms with van der Waals surface area (Å²) in [4.78, 5) is 29.3. The molecule has 0 spiro atoms. The van der Waals surface area contributed by atoms with Gasteiger partial charge in [0.25, 0.3) is 0 Å². The second-order valence-electron chi connectivity index (χ2n) is 6.20. The number of aromatic nitrogens is 3. The van der Waals surface area contributed by atoms with Gasteiger partial charge in [-0.1, -0.05) is 15.9 Å². The average molecular weight is 458 g/mol. The zero-order valence-electron chi connectivity index (χ0n) is 15.6. The largest absolute Gasteiger partial charge is 0.460 e. The van der Waals surface area contributed by atoms with Gasteiger partial charge in [0.1, 0.15) is 17.8 Å². The maximum absolute atomic E-state index is 12.8. The first-order valence-corrected chi connectivity index (χ1v) is 9.64. The molecule has 0 bridgehead atoms. The smallest absolute Gasteiger partial charge is 0.374 e. The van der Waals surface area contributed by atoms with E-state index in [1.54, 1.807) is 50.5 Å². The van der Waals surface area contributed by atoms with Crippen molar-refractivity contribution in [2.24, 2.45) is 0 Å². The minimum absolute atomic E-state index is 0.0162. The number of nitrogens with zero attached hydrogens (tertiary/aromatic N) is 3. The molecule has 0 saturated heterocycles. The molecular formula is C20H16BrN3O5. The lowest BCUT2D eigenvalue weighted by molar-refractivity contribution is 0.0436. The van der Waals surface area contributed by atoms with Crippen LogP contribution in [0.3, 0.4) is 0 Å². The minimum Gasteiger partial charge on any atom is -0.460 e. The van der Waals surface area contributed by atoms with Crippen molar-refractivity contribution < 1.29 is 23.5 Å². The quantitative estimate of drug-likeness (QED) is 0.416. The molecule has 0 saturated carbocycles. The summed E-state index contributed by atoms with van der Waals surface area (Å²) < 4.78 is 18.6. The van der Waals surface area contributed by atoms with Crippen molar-refractivity contribution in [1.82, 2.24) is 14.6 Å². The number of fused-ring (bicyclic) bond motifs is 2. The molecule has 1 aromatic carbocycles. The third kappa shape index (κ3) is 3.49. The Kier molecular flexibility index (Phi) is 5.06. The van der Waals surface area contributed by atoms with Crippen molar-refractivity contribution in [1.29, 1.82) is 0 Å². The van der Waals surface area contributed by atoms with Crippen molar-refractivity contribution in [2.75, 3.05) is 6.61 Å². The Morgan fingerprint density at radius 2 is 2.07 bits per heavy atom. The number of carbonyl (C=O) groups excluding carboxylic acids is 2. The van der Waals surface area contributed by atoms with E-state index in [9.17, 15) is 9.59 Å². The van der Waals surface area contributed by atoms with Gasteiger partial charge in [0.05, 0.1) is 17.9 Å². The maximum atomic E-state index is 12.8. The molecular weight excluding hydrogens is 442 g/mol. The van der Waals surface area contributed by atoms with Crippen molar-refractivity contribution >= 4 is 44.5 Å². The molecule has 148 valence electrons. The standard InChI is InChI=1S/C20H16BrN3O5/c1-3-27-20(26)17-14(13-9-12(21)5-6-15(13)29-17)10-28-19(25)16-11(2)23-24-8-4-7-22-18(16)24/h4-9H,3,10H2,1-2H3.